The maximum atomic E-state index is 3.64. The van der Waals surface area contributed by atoms with Gasteiger partial charge in [-0.05, 0) is 7.05 Å². The van der Waals surface area contributed by atoms with Gasteiger partial charge in [0.25, 0.3) is 0 Å². The molecule has 0 amide bonds. The van der Waals surface area contributed by atoms with E-state index in [4.69, 9.17) is 0 Å². The molecule has 0 N–H and O–H groups in total. The molecule has 0 fully saturated rings. The standard InChI is InChI=1S/C5H11N.W/c1-4-6(3)5-2;/h1-2,4-5H2,3H3;/q-2;+2. The van der Waals surface area contributed by atoms with Gasteiger partial charge in [0, 0.05) is 0 Å². The molecule has 1 nitrogen and oxygen atoms in total. The van der Waals surface area contributed by atoms with Gasteiger partial charge in [-0.2, -0.15) is 0 Å². The monoisotopic (exact) mass is 269 g/mol. The zero-order valence-corrected chi connectivity index (χ0v) is 7.62. The molecule has 0 aromatic heterocycles. The predicted molar refractivity (Wildman–Crippen MR) is 28.2 cm³/mol. The van der Waals surface area contributed by atoms with Crippen molar-refractivity contribution in [3.8, 4) is 0 Å². The summed E-state index contributed by atoms with van der Waals surface area (Å²) in [5, 5.41) is 0. The summed E-state index contributed by atoms with van der Waals surface area (Å²) >= 11 is 0. The molecule has 0 aliphatic carbocycles. The summed E-state index contributed by atoms with van der Waals surface area (Å²) in [5.74, 6) is 0. The van der Waals surface area contributed by atoms with Crippen molar-refractivity contribution < 1.29 is 21.1 Å². The van der Waals surface area contributed by atoms with E-state index in [1.165, 1.54) is 0 Å². The Bertz CT molecular complexity index is 27.3. The minimum atomic E-state index is 0. The fourth-order valence-corrected chi connectivity index (χ4v) is 0.112. The molecule has 0 heterocycles. The first-order chi connectivity index (χ1) is 2.81. The normalized spacial score (nSPS) is 8.57. The van der Waals surface area contributed by atoms with Gasteiger partial charge in [-0.3, -0.25) is 0 Å². The van der Waals surface area contributed by atoms with Gasteiger partial charge in [-0.1, -0.05) is 0 Å². The largest absolute Gasteiger partial charge is 2.00 e. The molecule has 0 aliphatic heterocycles. The molecule has 0 atom stereocenters. The second kappa shape index (κ2) is 6.65. The molecular weight excluding hydrogens is 258 g/mol. The molecule has 0 aliphatic rings. The average Bonchev–Trinajstić information content (AvgIpc) is 1.65. The number of hydrogen-bond acceptors (Lipinski definition) is 1. The third-order valence-electron chi connectivity index (χ3n) is 0.763. The third kappa shape index (κ3) is 6.65. The van der Waals surface area contributed by atoms with Crippen molar-refractivity contribution in [3.05, 3.63) is 13.8 Å². The Kier molecular flexibility index (Phi) is 10.1. The second-order valence-corrected chi connectivity index (χ2v) is 1.30. The van der Waals surface area contributed by atoms with E-state index < -0.39 is 0 Å². The Labute approximate surface area is 60.3 Å². The number of rotatable bonds is 2. The Morgan fingerprint density at radius 3 is 1.57 bits per heavy atom. The fraction of sp³-hybridized carbons (Fsp3) is 0.600. The van der Waals surface area contributed by atoms with Crippen molar-refractivity contribution in [2.45, 2.75) is 0 Å². The van der Waals surface area contributed by atoms with Crippen molar-refractivity contribution in [2.24, 2.45) is 0 Å². The molecule has 0 aromatic rings. The van der Waals surface area contributed by atoms with Crippen LogP contribution in [0.3, 0.4) is 0 Å². The Balaban J connectivity index is 0. The minimum absolute atomic E-state index is 0. The van der Waals surface area contributed by atoms with Crippen molar-refractivity contribution >= 4 is 0 Å². The number of nitrogens with zero attached hydrogens (tertiary/aromatic N) is 1. The minimum Gasteiger partial charge on any atom is -0.365 e. The van der Waals surface area contributed by atoms with Crippen LogP contribution in [0.2, 0.25) is 0 Å². The van der Waals surface area contributed by atoms with E-state index in [0.29, 0.717) is 0 Å². The van der Waals surface area contributed by atoms with Crippen LogP contribution < -0.4 is 0 Å². The number of hydrogen-bond donors (Lipinski definition) is 0. The molecule has 0 radical (unpaired) electrons. The van der Waals surface area contributed by atoms with Crippen LogP contribution in [0.5, 0.6) is 0 Å². The van der Waals surface area contributed by atoms with Crippen molar-refractivity contribution in [2.75, 3.05) is 20.1 Å². The molecule has 0 saturated heterocycles. The SMILES string of the molecule is [CH2-]CN(C)C[CH2-].[W+2]. The van der Waals surface area contributed by atoms with Gasteiger partial charge < -0.3 is 18.7 Å². The molecular formula is C5H11NW. The zero-order valence-electron chi connectivity index (χ0n) is 4.68. The van der Waals surface area contributed by atoms with Gasteiger partial charge in [0.2, 0.25) is 0 Å². The summed E-state index contributed by atoms with van der Waals surface area (Å²) in [7, 11) is 1.99. The average molecular weight is 269 g/mol. The van der Waals surface area contributed by atoms with Gasteiger partial charge >= 0.3 is 21.1 Å². The maximum Gasteiger partial charge on any atom is 2.00 e. The summed E-state index contributed by atoms with van der Waals surface area (Å²) in [5.41, 5.74) is 0. The zero-order chi connectivity index (χ0) is 4.99. The molecule has 0 saturated carbocycles. The molecule has 42 valence electrons. The van der Waals surface area contributed by atoms with Crippen LogP contribution in [0.1, 0.15) is 0 Å². The first-order valence-corrected chi connectivity index (χ1v) is 2.08. The van der Waals surface area contributed by atoms with E-state index >= 15 is 0 Å². The van der Waals surface area contributed by atoms with E-state index in [0.717, 1.165) is 13.1 Å². The molecule has 0 unspecified atom stereocenters. The van der Waals surface area contributed by atoms with E-state index in [2.05, 4.69) is 13.8 Å². The topological polar surface area (TPSA) is 3.24 Å². The van der Waals surface area contributed by atoms with Crippen LogP contribution in [0, 0.1) is 13.8 Å². The molecule has 2 heteroatoms. The Hall–Kier alpha value is 0.648. The summed E-state index contributed by atoms with van der Waals surface area (Å²) in [4.78, 5) is 2.03. The first-order valence-electron chi connectivity index (χ1n) is 2.08. The first kappa shape index (κ1) is 10.6. The smallest absolute Gasteiger partial charge is 0.365 e. The molecule has 0 rings (SSSR count). The van der Waals surface area contributed by atoms with E-state index in [1.807, 2.05) is 11.9 Å². The van der Waals surface area contributed by atoms with Crippen LogP contribution >= 0.6 is 0 Å². The summed E-state index contributed by atoms with van der Waals surface area (Å²) in [6, 6.07) is 0. The van der Waals surface area contributed by atoms with Gasteiger partial charge in [0.05, 0.1) is 0 Å². The van der Waals surface area contributed by atoms with Crippen LogP contribution in [0.15, 0.2) is 0 Å². The van der Waals surface area contributed by atoms with Crippen molar-refractivity contribution in [1.29, 1.82) is 0 Å². The summed E-state index contributed by atoms with van der Waals surface area (Å²) in [6.07, 6.45) is 0. The predicted octanol–water partition coefficient (Wildman–Crippen LogP) is 0.584. The van der Waals surface area contributed by atoms with Gasteiger partial charge in [-0.25, -0.2) is 0 Å². The van der Waals surface area contributed by atoms with Gasteiger partial charge in [-0.15, -0.1) is 13.1 Å². The molecule has 7 heavy (non-hydrogen) atoms. The quantitative estimate of drug-likeness (QED) is 0.663. The fourth-order valence-electron chi connectivity index (χ4n) is 0.112. The van der Waals surface area contributed by atoms with Crippen molar-refractivity contribution in [1.82, 2.24) is 4.90 Å². The Morgan fingerprint density at radius 1 is 1.29 bits per heavy atom. The van der Waals surface area contributed by atoms with Gasteiger partial charge in [0.1, 0.15) is 0 Å². The van der Waals surface area contributed by atoms with Crippen LogP contribution in [0.25, 0.3) is 0 Å². The van der Waals surface area contributed by atoms with Crippen molar-refractivity contribution in [3.63, 3.8) is 0 Å². The van der Waals surface area contributed by atoms with Gasteiger partial charge in [0.15, 0.2) is 0 Å². The van der Waals surface area contributed by atoms with Crippen LogP contribution in [-0.4, -0.2) is 25.0 Å². The van der Waals surface area contributed by atoms with E-state index in [1.54, 1.807) is 0 Å². The molecule has 0 bridgehead atoms. The van der Waals surface area contributed by atoms with E-state index in [9.17, 15) is 0 Å². The summed E-state index contributed by atoms with van der Waals surface area (Å²) < 4.78 is 0. The van der Waals surface area contributed by atoms with Crippen LogP contribution in [-0.2, 0) is 21.1 Å². The third-order valence-corrected chi connectivity index (χ3v) is 0.763. The van der Waals surface area contributed by atoms with E-state index in [-0.39, 0.29) is 21.1 Å². The Morgan fingerprint density at radius 2 is 1.57 bits per heavy atom. The maximum absolute atomic E-state index is 3.64. The molecule has 0 aromatic carbocycles. The summed E-state index contributed by atoms with van der Waals surface area (Å²) in [6.45, 7) is 8.99. The molecule has 0 spiro atoms. The second-order valence-electron chi connectivity index (χ2n) is 1.30. The van der Waals surface area contributed by atoms with Crippen LogP contribution in [0.4, 0.5) is 0 Å².